The van der Waals surface area contributed by atoms with E-state index in [0.717, 1.165) is 12.8 Å². The number of carbonyl (C=O) groups excluding carboxylic acids is 1. The molecule has 22 heavy (non-hydrogen) atoms. The lowest BCUT2D eigenvalue weighted by atomic mass is 10.0. The predicted molar refractivity (Wildman–Crippen MR) is 79.7 cm³/mol. The lowest BCUT2D eigenvalue weighted by molar-refractivity contribution is 0.102. The molecular weight excluding hydrogens is 280 g/mol. The maximum absolute atomic E-state index is 12.6. The van der Waals surface area contributed by atoms with Crippen molar-refractivity contribution in [3.8, 4) is 0 Å². The fourth-order valence-electron chi connectivity index (χ4n) is 2.96. The van der Waals surface area contributed by atoms with Gasteiger partial charge >= 0.3 is 0 Å². The maximum Gasteiger partial charge on any atom is 0.261 e. The van der Waals surface area contributed by atoms with E-state index in [9.17, 15) is 4.79 Å². The summed E-state index contributed by atoms with van der Waals surface area (Å²) in [7, 11) is 0. The van der Waals surface area contributed by atoms with E-state index in [1.807, 2.05) is 10.5 Å². The number of hydrogen-bond donors (Lipinski definition) is 1. The van der Waals surface area contributed by atoms with Crippen LogP contribution in [0, 0.1) is 0 Å². The molecule has 0 bridgehead atoms. The predicted octanol–water partition coefficient (Wildman–Crippen LogP) is 1.82. The van der Waals surface area contributed by atoms with E-state index in [-0.39, 0.29) is 11.9 Å². The quantitative estimate of drug-likeness (QED) is 0.779. The van der Waals surface area contributed by atoms with E-state index in [2.05, 4.69) is 32.4 Å². The first-order valence-corrected chi connectivity index (χ1v) is 7.18. The third-order valence-electron chi connectivity index (χ3n) is 4.09. The first kappa shape index (κ1) is 12.9. The summed E-state index contributed by atoms with van der Waals surface area (Å²) in [5.41, 5.74) is 3.45. The minimum absolute atomic E-state index is 0.272. The van der Waals surface area contributed by atoms with Crippen molar-refractivity contribution in [1.29, 1.82) is 0 Å². The standard InChI is InChI=1S/C15H14N6O/c1-9-3-4-12-10(9)7-11(13-20-18-8-21(12)13)14(22)19-15-16-5-2-6-17-15/h2,5-9H,3-4H2,1H3,(H,16,17,19,22). The Morgan fingerprint density at radius 1 is 1.36 bits per heavy atom. The summed E-state index contributed by atoms with van der Waals surface area (Å²) >= 11 is 0. The molecule has 110 valence electrons. The van der Waals surface area contributed by atoms with Crippen molar-refractivity contribution >= 4 is 17.5 Å². The number of anilines is 1. The molecule has 1 atom stereocenters. The highest BCUT2D eigenvalue weighted by Crippen LogP contribution is 2.34. The van der Waals surface area contributed by atoms with Gasteiger partial charge in [-0.15, -0.1) is 10.2 Å². The van der Waals surface area contributed by atoms with Gasteiger partial charge < -0.3 is 0 Å². The van der Waals surface area contributed by atoms with Crippen LogP contribution in [0.4, 0.5) is 5.95 Å². The molecule has 7 heteroatoms. The van der Waals surface area contributed by atoms with E-state index in [4.69, 9.17) is 0 Å². The Labute approximate surface area is 126 Å². The van der Waals surface area contributed by atoms with Crippen molar-refractivity contribution < 1.29 is 4.79 Å². The van der Waals surface area contributed by atoms with Crippen molar-refractivity contribution in [2.24, 2.45) is 0 Å². The number of carbonyl (C=O) groups is 1. The van der Waals surface area contributed by atoms with Crippen LogP contribution >= 0.6 is 0 Å². The van der Waals surface area contributed by atoms with Gasteiger partial charge in [0.25, 0.3) is 5.91 Å². The number of hydrogen-bond acceptors (Lipinski definition) is 5. The smallest absolute Gasteiger partial charge is 0.261 e. The van der Waals surface area contributed by atoms with Crippen LogP contribution in [-0.2, 0) is 6.42 Å². The zero-order valence-electron chi connectivity index (χ0n) is 12.0. The number of nitrogens with zero attached hydrogens (tertiary/aromatic N) is 5. The first-order chi connectivity index (χ1) is 10.7. The molecule has 1 amide bonds. The van der Waals surface area contributed by atoms with Gasteiger partial charge in [-0.25, -0.2) is 9.97 Å². The van der Waals surface area contributed by atoms with Crippen LogP contribution < -0.4 is 5.32 Å². The molecule has 0 aromatic carbocycles. The number of aromatic nitrogens is 5. The Balaban J connectivity index is 1.80. The zero-order chi connectivity index (χ0) is 15.1. The Morgan fingerprint density at radius 3 is 3.00 bits per heavy atom. The summed E-state index contributed by atoms with van der Waals surface area (Å²) in [6, 6.07) is 3.62. The van der Waals surface area contributed by atoms with E-state index in [1.54, 1.807) is 24.8 Å². The number of aryl methyl sites for hydroxylation is 1. The second kappa shape index (κ2) is 4.87. The second-order valence-corrected chi connectivity index (χ2v) is 5.45. The summed E-state index contributed by atoms with van der Waals surface area (Å²) < 4.78 is 1.92. The van der Waals surface area contributed by atoms with Crippen molar-refractivity contribution in [2.45, 2.75) is 25.7 Å². The summed E-state index contributed by atoms with van der Waals surface area (Å²) in [6.45, 7) is 2.17. The topological polar surface area (TPSA) is 85.1 Å². The summed E-state index contributed by atoms with van der Waals surface area (Å²) in [5, 5.41) is 10.8. The van der Waals surface area contributed by atoms with E-state index < -0.39 is 0 Å². The van der Waals surface area contributed by atoms with Gasteiger partial charge in [0, 0.05) is 18.1 Å². The molecule has 0 fully saturated rings. The Hall–Kier alpha value is -2.83. The molecule has 4 rings (SSSR count). The lowest BCUT2D eigenvalue weighted by Crippen LogP contribution is -2.16. The molecule has 1 N–H and O–H groups in total. The first-order valence-electron chi connectivity index (χ1n) is 7.18. The van der Waals surface area contributed by atoms with Gasteiger partial charge in [-0.05, 0) is 36.5 Å². The number of pyridine rings is 1. The third-order valence-corrected chi connectivity index (χ3v) is 4.09. The van der Waals surface area contributed by atoms with E-state index in [0.29, 0.717) is 17.1 Å². The summed E-state index contributed by atoms with van der Waals surface area (Å²) in [4.78, 5) is 20.6. The molecular formula is C15H14N6O. The van der Waals surface area contributed by atoms with Gasteiger partial charge in [0.2, 0.25) is 5.95 Å². The summed E-state index contributed by atoms with van der Waals surface area (Å²) in [5.74, 6) is 0.436. The molecule has 1 aliphatic carbocycles. The van der Waals surface area contributed by atoms with Crippen LogP contribution in [0.5, 0.6) is 0 Å². The largest absolute Gasteiger partial charge is 0.290 e. The highest BCUT2D eigenvalue weighted by Gasteiger charge is 2.25. The monoisotopic (exact) mass is 294 g/mol. The highest BCUT2D eigenvalue weighted by atomic mass is 16.1. The third kappa shape index (κ3) is 1.93. The Kier molecular flexibility index (Phi) is 2.85. The van der Waals surface area contributed by atoms with Gasteiger partial charge in [0.15, 0.2) is 5.65 Å². The lowest BCUT2D eigenvalue weighted by Gasteiger charge is -2.10. The van der Waals surface area contributed by atoms with Crippen molar-refractivity contribution in [3.63, 3.8) is 0 Å². The average Bonchev–Trinajstić information content (AvgIpc) is 3.14. The fraction of sp³-hybridized carbons (Fsp3) is 0.267. The molecule has 1 aliphatic rings. The molecule has 7 nitrogen and oxygen atoms in total. The second-order valence-electron chi connectivity index (χ2n) is 5.45. The minimum atomic E-state index is -0.272. The molecule has 0 radical (unpaired) electrons. The Bertz CT molecular complexity index is 857. The molecule has 0 saturated carbocycles. The van der Waals surface area contributed by atoms with Crippen LogP contribution in [-0.4, -0.2) is 30.5 Å². The molecule has 0 spiro atoms. The van der Waals surface area contributed by atoms with Gasteiger partial charge in [0.1, 0.15) is 6.33 Å². The highest BCUT2D eigenvalue weighted by molar-refractivity contribution is 6.07. The van der Waals surface area contributed by atoms with E-state index in [1.165, 1.54) is 11.3 Å². The average molecular weight is 294 g/mol. The minimum Gasteiger partial charge on any atom is -0.290 e. The zero-order valence-corrected chi connectivity index (χ0v) is 12.0. The fourth-order valence-corrected chi connectivity index (χ4v) is 2.96. The van der Waals surface area contributed by atoms with Crippen molar-refractivity contribution in [3.05, 3.63) is 47.7 Å². The van der Waals surface area contributed by atoms with Gasteiger partial charge in [0.05, 0.1) is 5.56 Å². The molecule has 3 aromatic rings. The van der Waals surface area contributed by atoms with Crippen LogP contribution in [0.15, 0.2) is 30.9 Å². The van der Waals surface area contributed by atoms with Crippen molar-refractivity contribution in [1.82, 2.24) is 24.6 Å². The molecule has 3 heterocycles. The molecule has 0 aliphatic heterocycles. The van der Waals surface area contributed by atoms with E-state index >= 15 is 0 Å². The van der Waals surface area contributed by atoms with Crippen LogP contribution in [0.2, 0.25) is 0 Å². The Morgan fingerprint density at radius 2 is 2.18 bits per heavy atom. The van der Waals surface area contributed by atoms with Gasteiger partial charge in [-0.2, -0.15) is 0 Å². The van der Waals surface area contributed by atoms with Crippen LogP contribution in [0.3, 0.4) is 0 Å². The number of rotatable bonds is 2. The number of fused-ring (bicyclic) bond motifs is 3. The number of amides is 1. The SMILES string of the molecule is CC1CCc2c1cc(C(=O)Nc1ncccn1)c1nncn21. The van der Waals surface area contributed by atoms with Crippen LogP contribution in [0.25, 0.3) is 5.65 Å². The van der Waals surface area contributed by atoms with Crippen LogP contribution in [0.1, 0.15) is 40.9 Å². The number of nitrogens with one attached hydrogen (secondary N) is 1. The van der Waals surface area contributed by atoms with Gasteiger partial charge in [-0.3, -0.25) is 14.5 Å². The molecule has 3 aromatic heterocycles. The molecule has 0 saturated heterocycles. The summed E-state index contributed by atoms with van der Waals surface area (Å²) in [6.07, 6.45) is 6.90. The molecule has 1 unspecified atom stereocenters. The maximum atomic E-state index is 12.6. The van der Waals surface area contributed by atoms with Gasteiger partial charge in [-0.1, -0.05) is 6.92 Å². The normalized spacial score (nSPS) is 16.7. The van der Waals surface area contributed by atoms with Crippen molar-refractivity contribution in [2.75, 3.05) is 5.32 Å².